The molecule has 0 N–H and O–H groups in total. The fraction of sp³-hybridized carbons (Fsp3) is 0.455. The molecule has 0 spiro atoms. The normalized spacial score (nSPS) is 14.9. The van der Waals surface area contributed by atoms with Crippen molar-refractivity contribution in [3.05, 3.63) is 59.9 Å². The monoisotopic (exact) mass is 437 g/mol. The third-order valence-electron chi connectivity index (χ3n) is 4.92. The molecule has 1 fully saturated rings. The van der Waals surface area contributed by atoms with E-state index in [1.807, 2.05) is 12.1 Å². The molecule has 9 heteroatoms. The van der Waals surface area contributed by atoms with Crippen molar-refractivity contribution in [1.82, 2.24) is 14.8 Å². The molecular weight excluding hydrogens is 411 g/mol. The number of aromatic nitrogens is 1. The molecule has 2 heterocycles. The maximum Gasteiger partial charge on any atom is 0.422 e. The van der Waals surface area contributed by atoms with Crippen LogP contribution in [0, 0.1) is 0 Å². The van der Waals surface area contributed by atoms with E-state index in [0.717, 1.165) is 44.8 Å². The second-order valence-corrected chi connectivity index (χ2v) is 7.32. The summed E-state index contributed by atoms with van der Waals surface area (Å²) in [6.45, 7) is 3.71. The Kier molecular flexibility index (Phi) is 8.25. The molecule has 1 aliphatic rings. The van der Waals surface area contributed by atoms with Gasteiger partial charge in [-0.1, -0.05) is 0 Å². The number of amides is 1. The van der Waals surface area contributed by atoms with Crippen LogP contribution in [-0.4, -0.2) is 72.9 Å². The van der Waals surface area contributed by atoms with Gasteiger partial charge < -0.3 is 14.4 Å². The lowest BCUT2D eigenvalue weighted by atomic mass is 10.1. The minimum atomic E-state index is -4.41. The number of pyridine rings is 1. The average molecular weight is 437 g/mol. The van der Waals surface area contributed by atoms with E-state index < -0.39 is 12.8 Å². The highest BCUT2D eigenvalue weighted by Gasteiger charge is 2.28. The molecular formula is C22H26F3N3O3. The Morgan fingerprint density at radius 1 is 1.10 bits per heavy atom. The van der Waals surface area contributed by atoms with Gasteiger partial charge in [0.2, 0.25) is 0 Å². The predicted molar refractivity (Wildman–Crippen MR) is 109 cm³/mol. The van der Waals surface area contributed by atoms with Crippen molar-refractivity contribution in [2.24, 2.45) is 0 Å². The number of ether oxygens (including phenoxy) is 2. The van der Waals surface area contributed by atoms with Crippen LogP contribution in [-0.2, 0) is 11.3 Å². The van der Waals surface area contributed by atoms with Crippen LogP contribution in [0.3, 0.4) is 0 Å². The Balaban J connectivity index is 1.63. The van der Waals surface area contributed by atoms with Crippen LogP contribution in [0.2, 0.25) is 0 Å². The third kappa shape index (κ3) is 7.84. The zero-order chi connectivity index (χ0) is 22.1. The number of carbonyl (C=O) groups is 1. The van der Waals surface area contributed by atoms with Crippen molar-refractivity contribution in [2.45, 2.75) is 19.1 Å². The van der Waals surface area contributed by atoms with Gasteiger partial charge in [-0.3, -0.25) is 14.7 Å². The number of carbonyl (C=O) groups excluding carboxylic acids is 1. The molecule has 1 amide bonds. The SMILES string of the molecule is O=C(c1ccc(OCC(F)(F)F)cc1)N(CCCN1CCOCC1)Cc1ccncc1. The Bertz CT molecular complexity index is 810. The number of halogens is 3. The molecule has 0 radical (unpaired) electrons. The molecule has 6 nitrogen and oxygen atoms in total. The van der Waals surface area contributed by atoms with Gasteiger partial charge >= 0.3 is 6.18 Å². The molecule has 0 saturated carbocycles. The van der Waals surface area contributed by atoms with E-state index in [0.29, 0.717) is 18.7 Å². The lowest BCUT2D eigenvalue weighted by Crippen LogP contribution is -2.39. The second kappa shape index (κ2) is 11.1. The maximum atomic E-state index is 13.1. The van der Waals surface area contributed by atoms with Gasteiger partial charge in [0.25, 0.3) is 5.91 Å². The Morgan fingerprint density at radius 3 is 2.42 bits per heavy atom. The van der Waals surface area contributed by atoms with E-state index in [2.05, 4.69) is 9.88 Å². The molecule has 31 heavy (non-hydrogen) atoms. The van der Waals surface area contributed by atoms with Crippen LogP contribution in [0.5, 0.6) is 5.75 Å². The van der Waals surface area contributed by atoms with Crippen LogP contribution in [0.4, 0.5) is 13.2 Å². The molecule has 1 aromatic carbocycles. The fourth-order valence-corrected chi connectivity index (χ4v) is 3.31. The number of nitrogens with zero attached hydrogens (tertiary/aromatic N) is 3. The molecule has 0 atom stereocenters. The van der Waals surface area contributed by atoms with Gasteiger partial charge in [-0.15, -0.1) is 0 Å². The summed E-state index contributed by atoms with van der Waals surface area (Å²) in [7, 11) is 0. The van der Waals surface area contributed by atoms with Crippen LogP contribution in [0.25, 0.3) is 0 Å². The maximum absolute atomic E-state index is 13.1. The summed E-state index contributed by atoms with van der Waals surface area (Å²) >= 11 is 0. The van der Waals surface area contributed by atoms with Gasteiger partial charge in [0, 0.05) is 50.7 Å². The number of hydrogen-bond acceptors (Lipinski definition) is 5. The molecule has 1 saturated heterocycles. The van der Waals surface area contributed by atoms with Gasteiger partial charge in [-0.25, -0.2) is 0 Å². The summed E-state index contributed by atoms with van der Waals surface area (Å²) in [5.74, 6) is -0.108. The zero-order valence-electron chi connectivity index (χ0n) is 17.2. The van der Waals surface area contributed by atoms with E-state index >= 15 is 0 Å². The van der Waals surface area contributed by atoms with Gasteiger partial charge in [-0.05, 0) is 48.4 Å². The Morgan fingerprint density at radius 2 is 1.77 bits per heavy atom. The van der Waals surface area contributed by atoms with E-state index in [1.54, 1.807) is 17.3 Å². The summed E-state index contributed by atoms with van der Waals surface area (Å²) in [5, 5.41) is 0. The lowest BCUT2D eigenvalue weighted by Gasteiger charge is -2.28. The first-order valence-corrected chi connectivity index (χ1v) is 10.2. The highest BCUT2D eigenvalue weighted by Crippen LogP contribution is 2.20. The quantitative estimate of drug-likeness (QED) is 0.602. The van der Waals surface area contributed by atoms with E-state index in [1.165, 1.54) is 24.3 Å². The molecule has 0 aliphatic carbocycles. The molecule has 0 unspecified atom stereocenters. The van der Waals surface area contributed by atoms with Crippen LogP contribution in [0.15, 0.2) is 48.8 Å². The molecule has 3 rings (SSSR count). The summed E-state index contributed by atoms with van der Waals surface area (Å²) in [6, 6.07) is 9.48. The fourth-order valence-electron chi connectivity index (χ4n) is 3.31. The van der Waals surface area contributed by atoms with E-state index in [9.17, 15) is 18.0 Å². The van der Waals surface area contributed by atoms with Gasteiger partial charge in [0.1, 0.15) is 5.75 Å². The minimum absolute atomic E-state index is 0.0712. The minimum Gasteiger partial charge on any atom is -0.484 e. The first kappa shape index (κ1) is 23.0. The van der Waals surface area contributed by atoms with Crippen LogP contribution in [0.1, 0.15) is 22.3 Å². The smallest absolute Gasteiger partial charge is 0.422 e. The highest BCUT2D eigenvalue weighted by molar-refractivity contribution is 5.94. The largest absolute Gasteiger partial charge is 0.484 e. The first-order chi connectivity index (χ1) is 14.9. The molecule has 1 aliphatic heterocycles. The molecule has 168 valence electrons. The lowest BCUT2D eigenvalue weighted by molar-refractivity contribution is -0.153. The van der Waals surface area contributed by atoms with Crippen LogP contribution >= 0.6 is 0 Å². The first-order valence-electron chi connectivity index (χ1n) is 10.2. The summed E-state index contributed by atoms with van der Waals surface area (Å²) in [6.07, 6.45) is -0.239. The van der Waals surface area contributed by atoms with Crippen molar-refractivity contribution >= 4 is 5.91 Å². The van der Waals surface area contributed by atoms with Gasteiger partial charge in [-0.2, -0.15) is 13.2 Å². The summed E-state index contributed by atoms with van der Waals surface area (Å²) in [4.78, 5) is 21.2. The van der Waals surface area contributed by atoms with Crippen LogP contribution < -0.4 is 4.74 Å². The van der Waals surface area contributed by atoms with Gasteiger partial charge in [0.15, 0.2) is 6.61 Å². The topological polar surface area (TPSA) is 54.9 Å². The number of benzene rings is 1. The molecule has 1 aromatic heterocycles. The summed E-state index contributed by atoms with van der Waals surface area (Å²) < 4.78 is 47.0. The van der Waals surface area contributed by atoms with Crippen molar-refractivity contribution in [1.29, 1.82) is 0 Å². The highest BCUT2D eigenvalue weighted by atomic mass is 19.4. The number of rotatable bonds is 9. The Hall–Kier alpha value is -2.65. The average Bonchev–Trinajstić information content (AvgIpc) is 2.78. The van der Waals surface area contributed by atoms with E-state index in [4.69, 9.17) is 9.47 Å². The van der Waals surface area contributed by atoms with Crippen molar-refractivity contribution in [3.8, 4) is 5.75 Å². The third-order valence-corrected chi connectivity index (χ3v) is 4.92. The van der Waals surface area contributed by atoms with Crippen molar-refractivity contribution < 1.29 is 27.4 Å². The second-order valence-electron chi connectivity index (χ2n) is 7.32. The van der Waals surface area contributed by atoms with Crippen molar-refractivity contribution in [3.63, 3.8) is 0 Å². The van der Waals surface area contributed by atoms with E-state index in [-0.39, 0.29) is 11.7 Å². The van der Waals surface area contributed by atoms with Crippen molar-refractivity contribution in [2.75, 3.05) is 46.0 Å². The summed E-state index contributed by atoms with van der Waals surface area (Å²) in [5.41, 5.74) is 1.36. The number of alkyl halides is 3. The van der Waals surface area contributed by atoms with Gasteiger partial charge in [0.05, 0.1) is 13.2 Å². The zero-order valence-corrected chi connectivity index (χ0v) is 17.2. The standard InChI is InChI=1S/C22H26F3N3O3/c23-22(24,25)17-31-20-4-2-19(3-5-20)21(29)28(16-18-6-8-26-9-7-18)11-1-10-27-12-14-30-15-13-27/h2-9H,1,10-17H2. The number of morpholine rings is 1. The molecule has 2 aromatic rings. The molecule has 0 bridgehead atoms. The number of hydrogen-bond donors (Lipinski definition) is 0. The predicted octanol–water partition coefficient (Wildman–Crippen LogP) is 3.39. The Labute approximate surface area is 179 Å².